The molecule has 0 amide bonds. The van der Waals surface area contributed by atoms with Gasteiger partial charge in [0.1, 0.15) is 18.1 Å². The van der Waals surface area contributed by atoms with E-state index in [0.29, 0.717) is 28.7 Å². The molecule has 24 heavy (non-hydrogen) atoms. The molecule has 0 radical (unpaired) electrons. The van der Waals surface area contributed by atoms with Gasteiger partial charge in [-0.3, -0.25) is 0 Å². The summed E-state index contributed by atoms with van der Waals surface area (Å²) in [5.74, 6) is 0.768. The summed E-state index contributed by atoms with van der Waals surface area (Å²) in [6.07, 6.45) is 0. The summed E-state index contributed by atoms with van der Waals surface area (Å²) < 4.78 is 22.2. The fourth-order valence-corrected chi connectivity index (χ4v) is 2.90. The van der Waals surface area contributed by atoms with Crippen molar-refractivity contribution in [2.75, 3.05) is 13.4 Å². The second-order valence-corrected chi connectivity index (χ2v) is 6.42. The number of carbonyl (C=O) groups excluding carboxylic acids is 1. The molecule has 3 rings (SSSR count). The lowest BCUT2D eigenvalue weighted by atomic mass is 10.1. The van der Waals surface area contributed by atoms with E-state index < -0.39 is 5.97 Å². The smallest absolute Gasteiger partial charge is 0.344 e. The summed E-state index contributed by atoms with van der Waals surface area (Å²) in [6.45, 7) is 0.469. The van der Waals surface area contributed by atoms with Crippen molar-refractivity contribution in [1.29, 1.82) is 0 Å². The van der Waals surface area contributed by atoms with Gasteiger partial charge in [-0.15, -0.1) is 0 Å². The van der Waals surface area contributed by atoms with Crippen LogP contribution >= 0.6 is 27.5 Å². The number of halogens is 2. The van der Waals surface area contributed by atoms with Crippen LogP contribution in [0.25, 0.3) is 0 Å². The van der Waals surface area contributed by atoms with Gasteiger partial charge in [0, 0.05) is 20.6 Å². The maximum Gasteiger partial charge on any atom is 0.344 e. The van der Waals surface area contributed by atoms with E-state index >= 15 is 0 Å². The van der Waals surface area contributed by atoms with Crippen molar-refractivity contribution in [1.82, 2.24) is 0 Å². The predicted octanol–water partition coefficient (Wildman–Crippen LogP) is 4.09. The molecule has 2 aromatic rings. The van der Waals surface area contributed by atoms with Crippen LogP contribution in [0.4, 0.5) is 0 Å². The van der Waals surface area contributed by atoms with Crippen molar-refractivity contribution in [3.63, 3.8) is 0 Å². The Balaban J connectivity index is 1.57. The van der Waals surface area contributed by atoms with Crippen LogP contribution in [0.1, 0.15) is 11.1 Å². The molecule has 0 saturated heterocycles. The Bertz CT molecular complexity index is 750. The number of ether oxygens (including phenoxy) is 4. The van der Waals surface area contributed by atoms with E-state index in [0.717, 1.165) is 10.0 Å². The quantitative estimate of drug-likeness (QED) is 0.691. The molecule has 0 bridgehead atoms. The summed E-state index contributed by atoms with van der Waals surface area (Å²) in [5.41, 5.74) is 1.54. The summed E-state index contributed by atoms with van der Waals surface area (Å²) in [6, 6.07) is 10.7. The summed E-state index contributed by atoms with van der Waals surface area (Å²) in [7, 11) is 0. The van der Waals surface area contributed by atoms with Gasteiger partial charge in [0.25, 0.3) is 0 Å². The standard InChI is InChI=1S/C17H14BrClO5/c18-13-2-1-3-15(6-13)22-9-16(20)23-8-12-5-14(19)4-11-7-21-10-24-17(11)12/h1-6H,7-10H2. The van der Waals surface area contributed by atoms with Gasteiger partial charge >= 0.3 is 5.97 Å². The number of hydrogen-bond donors (Lipinski definition) is 0. The molecule has 0 atom stereocenters. The first-order valence-electron chi connectivity index (χ1n) is 7.17. The SMILES string of the molecule is O=C(COc1cccc(Br)c1)OCc1cc(Cl)cc2c1OCOC2. The van der Waals surface area contributed by atoms with Gasteiger partial charge in [-0.1, -0.05) is 33.6 Å². The molecule has 5 nitrogen and oxygen atoms in total. The van der Waals surface area contributed by atoms with Gasteiger partial charge in [-0.2, -0.15) is 0 Å². The molecular weight excluding hydrogens is 400 g/mol. The van der Waals surface area contributed by atoms with Gasteiger partial charge in [-0.25, -0.2) is 4.79 Å². The van der Waals surface area contributed by atoms with Crippen LogP contribution in [0.15, 0.2) is 40.9 Å². The molecule has 0 saturated carbocycles. The van der Waals surface area contributed by atoms with Crippen LogP contribution in [-0.2, 0) is 27.5 Å². The topological polar surface area (TPSA) is 54.0 Å². The average Bonchev–Trinajstić information content (AvgIpc) is 2.57. The third-order valence-electron chi connectivity index (χ3n) is 3.29. The Morgan fingerprint density at radius 1 is 1.29 bits per heavy atom. The normalized spacial score (nSPS) is 12.9. The third-order valence-corrected chi connectivity index (χ3v) is 4.00. The van der Waals surface area contributed by atoms with E-state index in [1.54, 1.807) is 24.3 Å². The van der Waals surface area contributed by atoms with Gasteiger partial charge in [0.2, 0.25) is 0 Å². The number of carbonyl (C=O) groups is 1. The van der Waals surface area contributed by atoms with Crippen LogP contribution < -0.4 is 9.47 Å². The number of esters is 1. The molecule has 1 aliphatic heterocycles. The molecule has 1 heterocycles. The Morgan fingerprint density at radius 2 is 2.17 bits per heavy atom. The molecular formula is C17H14BrClO5. The van der Waals surface area contributed by atoms with Gasteiger partial charge in [0.15, 0.2) is 13.4 Å². The molecule has 0 unspecified atom stereocenters. The number of hydrogen-bond acceptors (Lipinski definition) is 5. The minimum absolute atomic E-state index is 0.0591. The zero-order chi connectivity index (χ0) is 16.9. The monoisotopic (exact) mass is 412 g/mol. The Kier molecular flexibility index (Phi) is 5.60. The van der Waals surface area contributed by atoms with Crippen molar-refractivity contribution in [2.45, 2.75) is 13.2 Å². The maximum absolute atomic E-state index is 11.9. The van der Waals surface area contributed by atoms with E-state index in [4.69, 9.17) is 30.5 Å². The molecule has 7 heteroatoms. The van der Waals surface area contributed by atoms with E-state index in [1.807, 2.05) is 12.1 Å². The molecule has 0 aliphatic carbocycles. The van der Waals surface area contributed by atoms with Crippen molar-refractivity contribution < 1.29 is 23.7 Å². The zero-order valence-corrected chi connectivity index (χ0v) is 14.9. The molecule has 126 valence electrons. The van der Waals surface area contributed by atoms with Crippen molar-refractivity contribution in [2.24, 2.45) is 0 Å². The van der Waals surface area contributed by atoms with Crippen LogP contribution in [0.3, 0.4) is 0 Å². The van der Waals surface area contributed by atoms with Crippen molar-refractivity contribution in [3.8, 4) is 11.5 Å². The van der Waals surface area contributed by atoms with Gasteiger partial charge in [-0.05, 0) is 30.3 Å². The second-order valence-electron chi connectivity index (χ2n) is 5.07. The van der Waals surface area contributed by atoms with Gasteiger partial charge < -0.3 is 18.9 Å². The van der Waals surface area contributed by atoms with Crippen LogP contribution in [0.2, 0.25) is 5.02 Å². The highest BCUT2D eigenvalue weighted by molar-refractivity contribution is 9.10. The molecule has 0 aromatic heterocycles. The lowest BCUT2D eigenvalue weighted by Gasteiger charge is -2.21. The lowest BCUT2D eigenvalue weighted by Crippen LogP contribution is -2.17. The lowest BCUT2D eigenvalue weighted by molar-refractivity contribution is -0.147. The molecule has 0 spiro atoms. The molecule has 1 aliphatic rings. The minimum atomic E-state index is -0.476. The third kappa shape index (κ3) is 4.41. The Morgan fingerprint density at radius 3 is 3.00 bits per heavy atom. The number of rotatable bonds is 5. The molecule has 0 N–H and O–H groups in total. The number of fused-ring (bicyclic) bond motifs is 1. The highest BCUT2D eigenvalue weighted by Gasteiger charge is 2.17. The zero-order valence-electron chi connectivity index (χ0n) is 12.6. The fourth-order valence-electron chi connectivity index (χ4n) is 2.26. The first-order valence-corrected chi connectivity index (χ1v) is 8.35. The Labute approximate surface area is 152 Å². The summed E-state index contributed by atoms with van der Waals surface area (Å²) in [5, 5.41) is 0.541. The highest BCUT2D eigenvalue weighted by atomic mass is 79.9. The summed E-state index contributed by atoms with van der Waals surface area (Å²) in [4.78, 5) is 11.9. The molecule has 2 aromatic carbocycles. The van der Waals surface area contributed by atoms with Crippen LogP contribution in [0.5, 0.6) is 11.5 Å². The average molecular weight is 414 g/mol. The largest absolute Gasteiger partial charge is 0.482 e. The van der Waals surface area contributed by atoms with E-state index in [1.165, 1.54) is 0 Å². The maximum atomic E-state index is 11.9. The van der Waals surface area contributed by atoms with Crippen LogP contribution in [-0.4, -0.2) is 19.4 Å². The first-order chi connectivity index (χ1) is 11.6. The number of benzene rings is 2. The Hall–Kier alpha value is -1.76. The van der Waals surface area contributed by atoms with Crippen LogP contribution in [0, 0.1) is 0 Å². The van der Waals surface area contributed by atoms with Gasteiger partial charge in [0.05, 0.1) is 6.61 Å². The minimum Gasteiger partial charge on any atom is -0.482 e. The van der Waals surface area contributed by atoms with E-state index in [2.05, 4.69) is 15.9 Å². The predicted molar refractivity (Wildman–Crippen MR) is 91.2 cm³/mol. The molecule has 0 fully saturated rings. The second kappa shape index (κ2) is 7.88. The van der Waals surface area contributed by atoms with Crippen molar-refractivity contribution >= 4 is 33.5 Å². The fraction of sp³-hybridized carbons (Fsp3) is 0.235. The van der Waals surface area contributed by atoms with E-state index in [-0.39, 0.29) is 20.0 Å². The van der Waals surface area contributed by atoms with E-state index in [9.17, 15) is 4.79 Å². The van der Waals surface area contributed by atoms with Crippen molar-refractivity contribution in [3.05, 3.63) is 57.0 Å². The summed E-state index contributed by atoms with van der Waals surface area (Å²) >= 11 is 9.41. The first kappa shape index (κ1) is 17.1. The highest BCUT2D eigenvalue weighted by Crippen LogP contribution is 2.32.